The number of anilines is 1. The van der Waals surface area contributed by atoms with Crippen LogP contribution in [0.15, 0.2) is 47.4 Å². The van der Waals surface area contributed by atoms with Crippen molar-refractivity contribution in [3.8, 4) is 5.75 Å². The van der Waals surface area contributed by atoms with Crippen LogP contribution in [0.4, 0.5) is 5.69 Å². The molecule has 0 aromatic heterocycles. The Labute approximate surface area is 211 Å². The fourth-order valence-electron chi connectivity index (χ4n) is 4.24. The quantitative estimate of drug-likeness (QED) is 0.519. The number of halogens is 1. The number of para-hydroxylation sites is 2. The number of methoxy groups -OCH3 is 1. The fourth-order valence-corrected chi connectivity index (χ4v) is 5.67. The summed E-state index contributed by atoms with van der Waals surface area (Å²) < 4.78 is 38.0. The predicted molar refractivity (Wildman–Crippen MR) is 134 cm³/mol. The molecular weight excluding hydrogens is 492 g/mol. The molecular formula is C25H31ClN2O6S. The van der Waals surface area contributed by atoms with Gasteiger partial charge in [0.1, 0.15) is 5.75 Å². The molecule has 0 radical (unpaired) electrons. The van der Waals surface area contributed by atoms with Crippen LogP contribution in [0.1, 0.15) is 43.5 Å². The van der Waals surface area contributed by atoms with Crippen LogP contribution in [0, 0.1) is 11.8 Å². The lowest BCUT2D eigenvalue weighted by molar-refractivity contribution is -0.125. The summed E-state index contributed by atoms with van der Waals surface area (Å²) >= 11 is 6.16. The molecule has 0 unspecified atom stereocenters. The molecule has 0 aliphatic heterocycles. The van der Waals surface area contributed by atoms with Gasteiger partial charge in [0.2, 0.25) is 0 Å². The van der Waals surface area contributed by atoms with Crippen molar-refractivity contribution in [3.63, 3.8) is 0 Å². The molecule has 1 aliphatic carbocycles. The maximum absolute atomic E-state index is 13.2. The molecule has 1 aliphatic rings. The van der Waals surface area contributed by atoms with Crippen molar-refractivity contribution in [2.75, 3.05) is 25.1 Å². The number of benzene rings is 2. The van der Waals surface area contributed by atoms with Gasteiger partial charge in [-0.1, -0.05) is 50.4 Å². The van der Waals surface area contributed by atoms with Crippen LogP contribution >= 0.6 is 11.6 Å². The molecule has 0 bridgehead atoms. The zero-order valence-corrected chi connectivity index (χ0v) is 21.9. The highest BCUT2D eigenvalue weighted by molar-refractivity contribution is 7.92. The van der Waals surface area contributed by atoms with Crippen molar-refractivity contribution in [1.29, 1.82) is 0 Å². The smallest absolute Gasteiger partial charge is 0.340 e. The van der Waals surface area contributed by atoms with E-state index >= 15 is 0 Å². The van der Waals surface area contributed by atoms with E-state index in [2.05, 4.69) is 19.2 Å². The average Bonchev–Trinajstić information content (AvgIpc) is 2.85. The van der Waals surface area contributed by atoms with E-state index in [1.165, 1.54) is 26.3 Å². The second-order valence-corrected chi connectivity index (χ2v) is 11.2. The number of carbonyl (C=O) groups excluding carboxylic acids is 2. The molecule has 1 fully saturated rings. The monoisotopic (exact) mass is 522 g/mol. The van der Waals surface area contributed by atoms with Gasteiger partial charge in [-0.3, -0.25) is 9.10 Å². The van der Waals surface area contributed by atoms with E-state index in [1.807, 2.05) is 0 Å². The van der Waals surface area contributed by atoms with Crippen LogP contribution < -0.4 is 14.4 Å². The summed E-state index contributed by atoms with van der Waals surface area (Å²) in [5, 5.41) is 2.95. The molecule has 3 rings (SSSR count). The largest absolute Gasteiger partial charge is 0.495 e. The summed E-state index contributed by atoms with van der Waals surface area (Å²) in [6.07, 6.45) is 3.06. The number of sulfonamides is 1. The average molecular weight is 523 g/mol. The predicted octanol–water partition coefficient (Wildman–Crippen LogP) is 4.27. The molecule has 0 saturated heterocycles. The first-order valence-electron chi connectivity index (χ1n) is 11.4. The highest BCUT2D eigenvalue weighted by Gasteiger charge is 2.29. The van der Waals surface area contributed by atoms with Gasteiger partial charge in [0, 0.05) is 13.1 Å². The molecule has 2 aromatic rings. The molecule has 190 valence electrons. The van der Waals surface area contributed by atoms with Crippen molar-refractivity contribution in [2.45, 2.75) is 44.0 Å². The van der Waals surface area contributed by atoms with Crippen LogP contribution in [0.25, 0.3) is 0 Å². The second-order valence-electron chi connectivity index (χ2n) is 8.80. The van der Waals surface area contributed by atoms with Gasteiger partial charge < -0.3 is 14.8 Å². The lowest BCUT2D eigenvalue weighted by Crippen LogP contribution is -2.45. The van der Waals surface area contributed by atoms with Gasteiger partial charge in [-0.05, 0) is 48.6 Å². The number of nitrogens with zero attached hydrogens (tertiary/aromatic N) is 1. The van der Waals surface area contributed by atoms with E-state index < -0.39 is 28.5 Å². The van der Waals surface area contributed by atoms with Gasteiger partial charge in [0.15, 0.2) is 6.61 Å². The molecule has 3 atom stereocenters. The topological polar surface area (TPSA) is 102 Å². The number of hydrogen-bond donors (Lipinski definition) is 1. The molecule has 10 heteroatoms. The molecule has 8 nitrogen and oxygen atoms in total. The summed E-state index contributed by atoms with van der Waals surface area (Å²) in [5.41, 5.74) is 0.186. The number of amides is 1. The molecule has 0 spiro atoms. The van der Waals surface area contributed by atoms with E-state index in [9.17, 15) is 18.0 Å². The van der Waals surface area contributed by atoms with E-state index in [4.69, 9.17) is 21.1 Å². The summed E-state index contributed by atoms with van der Waals surface area (Å²) in [5.74, 6) is -0.0683. The summed E-state index contributed by atoms with van der Waals surface area (Å²) in [7, 11) is -1.22. The zero-order valence-electron chi connectivity index (χ0n) is 20.3. The standard InChI is InChI=1S/C25H31ClN2O6S/c1-16-8-7-9-21(17(16)2)27-24(29)15-34-25(30)19-14-18(12-13-20(19)26)35(31,32)28(3)22-10-5-6-11-23(22)33-4/h5-6,10-14,16-17,21H,7-9,15H2,1-4H3,(H,27,29)/t16-,17+,21+/m0/s1. The van der Waals surface area contributed by atoms with E-state index in [0.717, 1.165) is 29.6 Å². The SMILES string of the molecule is COc1ccccc1N(C)S(=O)(=O)c1ccc(Cl)c(C(=O)OCC(=O)N[C@@H]2CCC[C@H](C)[C@H]2C)c1. The fraction of sp³-hybridized carbons (Fsp3) is 0.440. The third kappa shape index (κ3) is 6.08. The lowest BCUT2D eigenvalue weighted by Gasteiger charge is -2.34. The normalized spacial score (nSPS) is 20.1. The van der Waals surface area contributed by atoms with Crippen LogP contribution in [-0.2, 0) is 19.6 Å². The summed E-state index contributed by atoms with van der Waals surface area (Å²) in [4.78, 5) is 24.9. The number of rotatable bonds is 8. The van der Waals surface area contributed by atoms with Gasteiger partial charge in [0.25, 0.3) is 15.9 Å². The van der Waals surface area contributed by atoms with Crippen molar-refractivity contribution in [3.05, 3.63) is 53.1 Å². The maximum atomic E-state index is 13.2. The van der Waals surface area contributed by atoms with E-state index in [-0.39, 0.29) is 21.5 Å². The summed E-state index contributed by atoms with van der Waals surface area (Å²) in [6.45, 7) is 3.79. The Morgan fingerprint density at radius 2 is 1.86 bits per heavy atom. The minimum atomic E-state index is -4.05. The Morgan fingerprint density at radius 3 is 2.57 bits per heavy atom. The van der Waals surface area contributed by atoms with Gasteiger partial charge in [-0.15, -0.1) is 0 Å². The minimum Gasteiger partial charge on any atom is -0.495 e. The Balaban J connectivity index is 1.72. The van der Waals surface area contributed by atoms with Gasteiger partial charge in [0.05, 0.1) is 28.3 Å². The van der Waals surface area contributed by atoms with Crippen molar-refractivity contribution in [2.24, 2.45) is 11.8 Å². The van der Waals surface area contributed by atoms with Gasteiger partial charge in [-0.25, -0.2) is 13.2 Å². The number of esters is 1. The number of nitrogens with one attached hydrogen (secondary N) is 1. The van der Waals surface area contributed by atoms with E-state index in [1.54, 1.807) is 24.3 Å². The van der Waals surface area contributed by atoms with Crippen molar-refractivity contribution < 1.29 is 27.5 Å². The number of hydrogen-bond acceptors (Lipinski definition) is 6. The van der Waals surface area contributed by atoms with Crippen LogP contribution in [0.3, 0.4) is 0 Å². The maximum Gasteiger partial charge on any atom is 0.340 e. The van der Waals surface area contributed by atoms with Crippen LogP contribution in [0.5, 0.6) is 5.75 Å². The highest BCUT2D eigenvalue weighted by atomic mass is 35.5. The molecule has 2 aromatic carbocycles. The van der Waals surface area contributed by atoms with Crippen molar-refractivity contribution >= 4 is 39.2 Å². The third-order valence-electron chi connectivity index (χ3n) is 6.63. The number of ether oxygens (including phenoxy) is 2. The first-order chi connectivity index (χ1) is 16.6. The third-order valence-corrected chi connectivity index (χ3v) is 8.73. The number of carbonyl (C=O) groups is 2. The van der Waals surface area contributed by atoms with Gasteiger partial charge in [-0.2, -0.15) is 0 Å². The van der Waals surface area contributed by atoms with Crippen LogP contribution in [0.2, 0.25) is 5.02 Å². The summed E-state index contributed by atoms with van der Waals surface area (Å²) in [6, 6.07) is 10.5. The molecule has 1 N–H and O–H groups in total. The minimum absolute atomic E-state index is 0.0176. The first-order valence-corrected chi connectivity index (χ1v) is 13.3. The Morgan fingerprint density at radius 1 is 1.14 bits per heavy atom. The first kappa shape index (κ1) is 26.8. The molecule has 35 heavy (non-hydrogen) atoms. The van der Waals surface area contributed by atoms with Crippen LogP contribution in [-0.4, -0.2) is 47.1 Å². The Hall–Kier alpha value is -2.78. The molecule has 0 heterocycles. The highest BCUT2D eigenvalue weighted by Crippen LogP contribution is 2.32. The molecule has 1 saturated carbocycles. The van der Waals surface area contributed by atoms with E-state index in [0.29, 0.717) is 23.3 Å². The van der Waals surface area contributed by atoms with Gasteiger partial charge >= 0.3 is 5.97 Å². The second kappa shape index (κ2) is 11.3. The zero-order chi connectivity index (χ0) is 25.8. The Bertz CT molecular complexity index is 1190. The van der Waals surface area contributed by atoms with Crippen molar-refractivity contribution in [1.82, 2.24) is 5.32 Å². The lowest BCUT2D eigenvalue weighted by atomic mass is 9.78. The Kier molecular flexibility index (Phi) is 8.66. The molecule has 1 amide bonds.